The summed E-state index contributed by atoms with van der Waals surface area (Å²) in [4.78, 5) is 24.1. The molecule has 5 heteroatoms. The third-order valence-corrected chi connectivity index (χ3v) is 2.93. The van der Waals surface area contributed by atoms with Crippen LogP contribution in [0, 0.1) is 5.92 Å². The molecule has 1 N–H and O–H groups in total. The number of aliphatic hydroxyl groups excluding tert-OH is 1. The van der Waals surface area contributed by atoms with Gasteiger partial charge in [0.1, 0.15) is 0 Å². The highest BCUT2D eigenvalue weighted by Crippen LogP contribution is 2.17. The van der Waals surface area contributed by atoms with Crippen LogP contribution in [-0.2, 0) is 25.5 Å². The van der Waals surface area contributed by atoms with Crippen molar-refractivity contribution in [1.82, 2.24) is 0 Å². The zero-order chi connectivity index (χ0) is 16.7. The maximum absolute atomic E-state index is 12.2. The van der Waals surface area contributed by atoms with Crippen molar-refractivity contribution in [2.45, 2.75) is 52.4 Å². The van der Waals surface area contributed by atoms with E-state index in [1.54, 1.807) is 27.7 Å². The predicted molar refractivity (Wildman–Crippen MR) is 82.1 cm³/mol. The van der Waals surface area contributed by atoms with Crippen LogP contribution in [0.3, 0.4) is 0 Å². The molecule has 0 unspecified atom stereocenters. The van der Waals surface area contributed by atoms with Crippen LogP contribution in [0.4, 0.5) is 0 Å². The van der Waals surface area contributed by atoms with E-state index in [4.69, 9.17) is 9.47 Å². The van der Waals surface area contributed by atoms with Gasteiger partial charge in [-0.25, -0.2) is 4.79 Å². The Kier molecular flexibility index (Phi) is 7.05. The third kappa shape index (κ3) is 5.85. The molecule has 0 aliphatic carbocycles. The zero-order valence-corrected chi connectivity index (χ0v) is 13.5. The van der Waals surface area contributed by atoms with E-state index < -0.39 is 24.0 Å². The van der Waals surface area contributed by atoms with Crippen LogP contribution in [0.2, 0.25) is 0 Å². The number of hydrogen-bond donors (Lipinski definition) is 1. The van der Waals surface area contributed by atoms with Gasteiger partial charge >= 0.3 is 11.9 Å². The van der Waals surface area contributed by atoms with E-state index in [0.29, 0.717) is 0 Å². The molecule has 0 aliphatic rings. The molecule has 1 aromatic carbocycles. The molecule has 1 rings (SSSR count). The van der Waals surface area contributed by atoms with Gasteiger partial charge in [-0.15, -0.1) is 0 Å². The second-order valence-corrected chi connectivity index (χ2v) is 5.71. The first kappa shape index (κ1) is 18.2. The zero-order valence-electron chi connectivity index (χ0n) is 13.5. The molecule has 22 heavy (non-hydrogen) atoms. The average Bonchev–Trinajstić information content (AvgIpc) is 2.43. The highest BCUT2D eigenvalue weighted by Gasteiger charge is 2.35. The molecule has 0 saturated carbocycles. The van der Waals surface area contributed by atoms with Crippen molar-refractivity contribution in [2.75, 3.05) is 0 Å². The lowest BCUT2D eigenvalue weighted by atomic mass is 9.94. The molecular weight excluding hydrogens is 284 g/mol. The number of carbonyl (C=O) groups is 2. The molecule has 1 aromatic rings. The first-order valence-electron chi connectivity index (χ1n) is 7.44. The molecule has 0 radical (unpaired) electrons. The molecule has 0 amide bonds. The number of benzene rings is 1. The number of hydrogen-bond acceptors (Lipinski definition) is 5. The molecule has 0 fully saturated rings. The maximum Gasteiger partial charge on any atom is 0.336 e. The van der Waals surface area contributed by atoms with Crippen molar-refractivity contribution in [3.63, 3.8) is 0 Å². The highest BCUT2D eigenvalue weighted by atomic mass is 16.6. The summed E-state index contributed by atoms with van der Waals surface area (Å²) in [5.41, 5.74) is 0.838. The molecule has 0 aromatic heterocycles. The second-order valence-electron chi connectivity index (χ2n) is 5.71. The van der Waals surface area contributed by atoms with Crippen molar-refractivity contribution in [3.05, 3.63) is 35.9 Å². The smallest absolute Gasteiger partial charge is 0.336 e. The van der Waals surface area contributed by atoms with Crippen molar-refractivity contribution < 1.29 is 24.2 Å². The monoisotopic (exact) mass is 308 g/mol. The van der Waals surface area contributed by atoms with E-state index >= 15 is 0 Å². The maximum atomic E-state index is 12.2. The van der Waals surface area contributed by atoms with Gasteiger partial charge < -0.3 is 14.6 Å². The van der Waals surface area contributed by atoms with Crippen LogP contribution < -0.4 is 0 Å². The molecule has 122 valence electrons. The van der Waals surface area contributed by atoms with Gasteiger partial charge in [-0.2, -0.15) is 0 Å². The van der Waals surface area contributed by atoms with Crippen LogP contribution in [0.25, 0.3) is 0 Å². The summed E-state index contributed by atoms with van der Waals surface area (Å²) in [6.45, 7) is 6.80. The van der Waals surface area contributed by atoms with Crippen molar-refractivity contribution in [1.29, 1.82) is 0 Å². The SMILES string of the molecule is CC(C)OC(=O)[C@H](O)[C@@H](Cc1ccccc1)C(=O)OC(C)C. The Balaban J connectivity index is 2.90. The quantitative estimate of drug-likeness (QED) is 0.781. The van der Waals surface area contributed by atoms with E-state index in [-0.39, 0.29) is 18.6 Å². The standard InChI is InChI=1S/C17H24O5/c1-11(2)21-16(19)14(10-13-8-6-5-7-9-13)15(18)17(20)22-12(3)4/h5-9,11-12,14-15,18H,10H2,1-4H3/t14-,15-/m1/s1. The van der Waals surface area contributed by atoms with E-state index in [9.17, 15) is 14.7 Å². The van der Waals surface area contributed by atoms with Crippen LogP contribution in [0.5, 0.6) is 0 Å². The van der Waals surface area contributed by atoms with Crippen LogP contribution in [-0.4, -0.2) is 35.4 Å². The summed E-state index contributed by atoms with van der Waals surface area (Å²) in [6.07, 6.45) is -2.02. The van der Waals surface area contributed by atoms with Crippen LogP contribution in [0.15, 0.2) is 30.3 Å². The minimum atomic E-state index is -1.55. The van der Waals surface area contributed by atoms with E-state index in [1.165, 1.54) is 0 Å². The van der Waals surface area contributed by atoms with E-state index in [2.05, 4.69) is 0 Å². The fourth-order valence-electron chi connectivity index (χ4n) is 1.98. The van der Waals surface area contributed by atoms with Crippen molar-refractivity contribution in [3.8, 4) is 0 Å². The Labute approximate surface area is 131 Å². The molecule has 2 atom stereocenters. The first-order valence-corrected chi connectivity index (χ1v) is 7.44. The number of rotatable bonds is 7. The Morgan fingerprint density at radius 2 is 1.45 bits per heavy atom. The Morgan fingerprint density at radius 1 is 0.955 bits per heavy atom. The highest BCUT2D eigenvalue weighted by molar-refractivity contribution is 5.84. The van der Waals surface area contributed by atoms with Gasteiger partial charge in [0.15, 0.2) is 6.10 Å². The van der Waals surface area contributed by atoms with Gasteiger partial charge in [0.25, 0.3) is 0 Å². The summed E-state index contributed by atoms with van der Waals surface area (Å²) in [5.74, 6) is -2.40. The summed E-state index contributed by atoms with van der Waals surface area (Å²) in [7, 11) is 0. The van der Waals surface area contributed by atoms with Gasteiger partial charge in [0.05, 0.1) is 18.1 Å². The number of ether oxygens (including phenoxy) is 2. The minimum Gasteiger partial charge on any atom is -0.463 e. The largest absolute Gasteiger partial charge is 0.463 e. The lowest BCUT2D eigenvalue weighted by Crippen LogP contribution is -2.40. The van der Waals surface area contributed by atoms with Crippen molar-refractivity contribution >= 4 is 11.9 Å². The predicted octanol–water partition coefficient (Wildman–Crippen LogP) is 2.11. The van der Waals surface area contributed by atoms with E-state index in [1.807, 2.05) is 30.3 Å². The molecule has 5 nitrogen and oxygen atoms in total. The molecular formula is C17H24O5. The van der Waals surface area contributed by atoms with E-state index in [0.717, 1.165) is 5.56 Å². The number of carbonyl (C=O) groups excluding carboxylic acids is 2. The fraction of sp³-hybridized carbons (Fsp3) is 0.529. The summed E-state index contributed by atoms with van der Waals surface area (Å²) < 4.78 is 10.1. The minimum absolute atomic E-state index is 0.209. The number of aliphatic hydroxyl groups is 1. The number of esters is 2. The van der Waals surface area contributed by atoms with Crippen LogP contribution >= 0.6 is 0 Å². The summed E-state index contributed by atoms with van der Waals surface area (Å²) >= 11 is 0. The Hall–Kier alpha value is -1.88. The lowest BCUT2D eigenvalue weighted by molar-refractivity contribution is -0.170. The lowest BCUT2D eigenvalue weighted by Gasteiger charge is -2.22. The van der Waals surface area contributed by atoms with Gasteiger partial charge in [0.2, 0.25) is 0 Å². The van der Waals surface area contributed by atoms with Gasteiger partial charge in [0, 0.05) is 0 Å². The Morgan fingerprint density at radius 3 is 1.95 bits per heavy atom. The van der Waals surface area contributed by atoms with Crippen molar-refractivity contribution in [2.24, 2.45) is 5.92 Å². The fourth-order valence-corrected chi connectivity index (χ4v) is 1.98. The average molecular weight is 308 g/mol. The molecule has 0 saturated heterocycles. The van der Waals surface area contributed by atoms with Crippen LogP contribution in [0.1, 0.15) is 33.3 Å². The summed E-state index contributed by atoms with van der Waals surface area (Å²) in [5, 5.41) is 10.2. The topological polar surface area (TPSA) is 72.8 Å². The molecule has 0 aliphatic heterocycles. The first-order chi connectivity index (χ1) is 10.3. The Bertz CT molecular complexity index is 481. The van der Waals surface area contributed by atoms with Gasteiger partial charge in [-0.1, -0.05) is 30.3 Å². The van der Waals surface area contributed by atoms with Gasteiger partial charge in [-0.3, -0.25) is 4.79 Å². The second kappa shape index (κ2) is 8.54. The molecule has 0 bridgehead atoms. The molecule has 0 heterocycles. The summed E-state index contributed by atoms with van der Waals surface area (Å²) in [6, 6.07) is 9.18. The normalized spacial score (nSPS) is 13.8. The van der Waals surface area contributed by atoms with Gasteiger partial charge in [-0.05, 0) is 39.7 Å². The third-order valence-electron chi connectivity index (χ3n) is 2.93. The molecule has 0 spiro atoms.